The largest absolute Gasteiger partial charge is 0.302 e. The number of carbonyl (C=O) groups is 5. The number of thiazole rings is 1. The number of piperidine rings is 1. The van der Waals surface area contributed by atoms with E-state index in [0.29, 0.717) is 23.5 Å². The number of nitrogens with one attached hydrogen (secondary N) is 1. The van der Waals surface area contributed by atoms with E-state index in [1.165, 1.54) is 11.3 Å². The molecule has 3 amide bonds. The van der Waals surface area contributed by atoms with Gasteiger partial charge in [0.25, 0.3) is 5.91 Å². The van der Waals surface area contributed by atoms with Gasteiger partial charge in [0.2, 0.25) is 11.8 Å². The van der Waals surface area contributed by atoms with Crippen LogP contribution in [0.15, 0.2) is 30.3 Å². The van der Waals surface area contributed by atoms with Gasteiger partial charge in [-0.25, -0.2) is 4.98 Å². The highest BCUT2D eigenvalue weighted by Gasteiger charge is 2.42. The molecule has 1 fully saturated rings. The van der Waals surface area contributed by atoms with E-state index in [2.05, 4.69) is 10.3 Å². The Morgan fingerprint density at radius 1 is 1.09 bits per heavy atom. The van der Waals surface area contributed by atoms with Crippen molar-refractivity contribution >= 4 is 45.8 Å². The van der Waals surface area contributed by atoms with Gasteiger partial charge in [-0.2, -0.15) is 0 Å². The van der Waals surface area contributed by atoms with E-state index in [9.17, 15) is 24.0 Å². The molecule has 0 spiro atoms. The number of aryl methyl sites for hydroxylation is 2. The quantitative estimate of drug-likeness (QED) is 0.372. The van der Waals surface area contributed by atoms with Crippen molar-refractivity contribution in [2.24, 2.45) is 5.92 Å². The summed E-state index contributed by atoms with van der Waals surface area (Å²) in [7, 11) is 0. The summed E-state index contributed by atoms with van der Waals surface area (Å²) in [6.45, 7) is 3.78. The van der Waals surface area contributed by atoms with Crippen LogP contribution < -0.4 is 5.32 Å². The van der Waals surface area contributed by atoms with Gasteiger partial charge < -0.3 is 5.32 Å². The van der Waals surface area contributed by atoms with E-state index >= 15 is 0 Å². The van der Waals surface area contributed by atoms with Crippen LogP contribution in [0.4, 0.5) is 5.13 Å². The summed E-state index contributed by atoms with van der Waals surface area (Å²) in [4.78, 5) is 68.6. The molecule has 8 nitrogen and oxygen atoms in total. The predicted octanol–water partition coefficient (Wildman–Crippen LogP) is 3.09. The molecule has 1 aliphatic heterocycles. The molecule has 0 aliphatic carbocycles. The maximum atomic E-state index is 12.8. The first kappa shape index (κ1) is 23.5. The Labute approximate surface area is 190 Å². The smallest absolute Gasteiger partial charge is 0.260 e. The van der Waals surface area contributed by atoms with Crippen molar-refractivity contribution < 1.29 is 24.0 Å². The average Bonchev–Trinajstić information content (AvgIpc) is 3.08. The molecule has 0 saturated carbocycles. The summed E-state index contributed by atoms with van der Waals surface area (Å²) in [5.74, 6) is -3.86. The van der Waals surface area contributed by atoms with E-state index in [0.717, 1.165) is 15.5 Å². The third kappa shape index (κ3) is 5.53. The van der Waals surface area contributed by atoms with Crippen LogP contribution in [0.1, 0.15) is 53.0 Å². The molecule has 32 heavy (non-hydrogen) atoms. The first-order valence-electron chi connectivity index (χ1n) is 10.5. The number of Topliss-reactive ketones (excluding diaryl/α,β-unsaturated/α-hetero) is 2. The number of benzene rings is 1. The van der Waals surface area contributed by atoms with Crippen LogP contribution in [0.3, 0.4) is 0 Å². The van der Waals surface area contributed by atoms with Gasteiger partial charge in [0.15, 0.2) is 22.6 Å². The van der Waals surface area contributed by atoms with Crippen molar-refractivity contribution in [2.75, 3.05) is 11.9 Å². The molecule has 1 aromatic carbocycles. The number of imide groups is 1. The van der Waals surface area contributed by atoms with Gasteiger partial charge in [0, 0.05) is 36.2 Å². The molecular formula is C23H25N3O5S. The number of anilines is 1. The number of unbranched alkanes of at least 4 members (excludes halogenated alkanes) is 1. The van der Waals surface area contributed by atoms with Gasteiger partial charge in [-0.1, -0.05) is 18.2 Å². The standard InChI is InChI=1S/C23H25N3O5S/c1-14-15(2)32-23(24-14)25-19(29)11-7-6-10-17(27)20-18(28)12-13-26(22(20)31)21(30)16-8-4-3-5-9-16/h3-5,8-9,20H,6-7,10-13H2,1-2H3,(H,24,25,29). The fraction of sp³-hybridized carbons (Fsp3) is 0.391. The van der Waals surface area contributed by atoms with Crippen molar-refractivity contribution in [3.8, 4) is 0 Å². The monoisotopic (exact) mass is 455 g/mol. The predicted molar refractivity (Wildman–Crippen MR) is 119 cm³/mol. The van der Waals surface area contributed by atoms with E-state index in [4.69, 9.17) is 0 Å². The van der Waals surface area contributed by atoms with Crippen LogP contribution in [-0.2, 0) is 19.2 Å². The maximum absolute atomic E-state index is 12.8. The summed E-state index contributed by atoms with van der Waals surface area (Å²) in [6, 6.07) is 8.29. The Balaban J connectivity index is 1.50. The second-order valence-corrected chi connectivity index (χ2v) is 8.90. The number of rotatable bonds is 8. The summed E-state index contributed by atoms with van der Waals surface area (Å²) in [5, 5.41) is 3.28. The minimum atomic E-state index is -1.44. The molecular weight excluding hydrogens is 430 g/mol. The van der Waals surface area contributed by atoms with Crippen molar-refractivity contribution in [2.45, 2.75) is 46.0 Å². The van der Waals surface area contributed by atoms with Crippen LogP contribution in [0.5, 0.6) is 0 Å². The van der Waals surface area contributed by atoms with Crippen molar-refractivity contribution in [1.29, 1.82) is 0 Å². The van der Waals surface area contributed by atoms with E-state index < -0.39 is 29.3 Å². The molecule has 1 aromatic heterocycles. The summed E-state index contributed by atoms with van der Waals surface area (Å²) < 4.78 is 0. The first-order chi connectivity index (χ1) is 15.3. The minimum Gasteiger partial charge on any atom is -0.302 e. The summed E-state index contributed by atoms with van der Waals surface area (Å²) in [6.07, 6.45) is 0.971. The van der Waals surface area contributed by atoms with Crippen LogP contribution in [0.25, 0.3) is 0 Å². The highest BCUT2D eigenvalue weighted by atomic mass is 32.1. The Bertz CT molecular complexity index is 1030. The zero-order valence-electron chi connectivity index (χ0n) is 18.1. The number of hydrogen-bond acceptors (Lipinski definition) is 7. The number of ketones is 2. The molecule has 2 heterocycles. The van der Waals surface area contributed by atoms with Gasteiger partial charge in [0.05, 0.1) is 5.69 Å². The van der Waals surface area contributed by atoms with Crippen LogP contribution in [0.2, 0.25) is 0 Å². The number of likely N-dealkylation sites (tertiary alicyclic amines) is 1. The lowest BCUT2D eigenvalue weighted by Gasteiger charge is -2.29. The van der Waals surface area contributed by atoms with Gasteiger partial charge in [-0.3, -0.25) is 28.9 Å². The second-order valence-electron chi connectivity index (χ2n) is 7.69. The first-order valence-corrected chi connectivity index (χ1v) is 11.3. The molecule has 3 rings (SSSR count). The maximum Gasteiger partial charge on any atom is 0.260 e. The van der Waals surface area contributed by atoms with Gasteiger partial charge in [-0.15, -0.1) is 11.3 Å². The minimum absolute atomic E-state index is 0.00172. The van der Waals surface area contributed by atoms with Crippen molar-refractivity contribution in [1.82, 2.24) is 9.88 Å². The van der Waals surface area contributed by atoms with E-state index in [1.54, 1.807) is 30.3 Å². The molecule has 2 aromatic rings. The fourth-order valence-corrected chi connectivity index (χ4v) is 4.29. The molecule has 1 saturated heterocycles. The van der Waals surface area contributed by atoms with Crippen LogP contribution in [0, 0.1) is 19.8 Å². The number of aromatic nitrogens is 1. The molecule has 0 radical (unpaired) electrons. The SMILES string of the molecule is Cc1nc(NC(=O)CCCCC(=O)C2C(=O)CCN(C(=O)c3ccccc3)C2=O)sc1C. The van der Waals surface area contributed by atoms with E-state index in [-0.39, 0.29) is 31.7 Å². The Morgan fingerprint density at radius 2 is 1.78 bits per heavy atom. The molecule has 0 bridgehead atoms. The number of carbonyl (C=O) groups excluding carboxylic acids is 5. The molecule has 9 heteroatoms. The molecule has 1 unspecified atom stereocenters. The van der Waals surface area contributed by atoms with E-state index in [1.807, 2.05) is 13.8 Å². The zero-order valence-corrected chi connectivity index (χ0v) is 18.9. The lowest BCUT2D eigenvalue weighted by atomic mass is 9.88. The summed E-state index contributed by atoms with van der Waals surface area (Å²) >= 11 is 1.40. The Hall–Kier alpha value is -3.20. The number of nitrogens with zero attached hydrogens (tertiary/aromatic N) is 2. The van der Waals surface area contributed by atoms with Crippen LogP contribution >= 0.6 is 11.3 Å². The van der Waals surface area contributed by atoms with Crippen LogP contribution in [-0.4, -0.2) is 45.7 Å². The zero-order chi connectivity index (χ0) is 23.3. The highest BCUT2D eigenvalue weighted by Crippen LogP contribution is 2.22. The fourth-order valence-electron chi connectivity index (χ4n) is 3.46. The van der Waals surface area contributed by atoms with Gasteiger partial charge >= 0.3 is 0 Å². The third-order valence-electron chi connectivity index (χ3n) is 5.36. The third-order valence-corrected chi connectivity index (χ3v) is 6.34. The lowest BCUT2D eigenvalue weighted by Crippen LogP contribution is -2.51. The molecule has 168 valence electrons. The summed E-state index contributed by atoms with van der Waals surface area (Å²) in [5.41, 5.74) is 1.20. The average molecular weight is 456 g/mol. The molecule has 1 N–H and O–H groups in total. The Morgan fingerprint density at radius 3 is 2.44 bits per heavy atom. The highest BCUT2D eigenvalue weighted by molar-refractivity contribution is 7.15. The Kier molecular flexibility index (Phi) is 7.63. The molecule has 1 atom stereocenters. The van der Waals surface area contributed by atoms with Gasteiger partial charge in [-0.05, 0) is 38.8 Å². The normalized spacial score (nSPS) is 16.2. The van der Waals surface area contributed by atoms with Crippen molar-refractivity contribution in [3.63, 3.8) is 0 Å². The molecule has 1 aliphatic rings. The lowest BCUT2D eigenvalue weighted by molar-refractivity contribution is -0.148. The number of hydrogen-bond donors (Lipinski definition) is 1. The van der Waals surface area contributed by atoms with Crippen molar-refractivity contribution in [3.05, 3.63) is 46.5 Å². The number of amides is 3. The van der Waals surface area contributed by atoms with Gasteiger partial charge in [0.1, 0.15) is 0 Å². The second kappa shape index (κ2) is 10.4. The topological polar surface area (TPSA) is 114 Å².